The Bertz CT molecular complexity index is 852. The summed E-state index contributed by atoms with van der Waals surface area (Å²) in [5.41, 5.74) is -0.515. The molecule has 3 rings (SSSR count). The van der Waals surface area contributed by atoms with Crippen molar-refractivity contribution in [1.82, 2.24) is 4.98 Å². The van der Waals surface area contributed by atoms with Gasteiger partial charge < -0.3 is 4.74 Å². The van der Waals surface area contributed by atoms with E-state index in [1.165, 1.54) is 23.5 Å². The molecule has 2 heterocycles. The molecule has 25 heavy (non-hydrogen) atoms. The van der Waals surface area contributed by atoms with E-state index in [4.69, 9.17) is 4.74 Å². The second kappa shape index (κ2) is 5.73. The number of carbonyl (C=O) groups is 2. The van der Waals surface area contributed by atoms with Gasteiger partial charge in [0.25, 0.3) is 0 Å². The molecule has 132 valence electrons. The van der Waals surface area contributed by atoms with Crippen molar-refractivity contribution in [3.8, 4) is 10.6 Å². The van der Waals surface area contributed by atoms with Gasteiger partial charge in [0.15, 0.2) is 11.7 Å². The molecule has 4 nitrogen and oxygen atoms in total. The molecule has 0 bridgehead atoms. The Morgan fingerprint density at radius 2 is 1.72 bits per heavy atom. The zero-order valence-corrected chi connectivity index (χ0v) is 15.7. The Kier molecular flexibility index (Phi) is 4.06. The Morgan fingerprint density at radius 3 is 2.32 bits per heavy atom. The molecule has 1 fully saturated rings. The second-order valence-electron chi connectivity index (χ2n) is 7.32. The van der Waals surface area contributed by atoms with Crippen LogP contribution in [0.3, 0.4) is 0 Å². The van der Waals surface area contributed by atoms with Crippen molar-refractivity contribution in [1.29, 1.82) is 0 Å². The molecule has 1 aliphatic rings. The van der Waals surface area contributed by atoms with Crippen LogP contribution in [-0.4, -0.2) is 22.3 Å². The molecule has 1 aromatic heterocycles. The molecule has 1 saturated heterocycles. The summed E-state index contributed by atoms with van der Waals surface area (Å²) in [7, 11) is 0. The molecule has 0 aliphatic carbocycles. The van der Waals surface area contributed by atoms with Crippen LogP contribution in [0, 0.1) is 18.2 Å². The lowest BCUT2D eigenvalue weighted by atomic mass is 9.67. The monoisotopic (exact) mass is 361 g/mol. The maximum atomic E-state index is 13.1. The van der Waals surface area contributed by atoms with Gasteiger partial charge in [0, 0.05) is 10.4 Å². The summed E-state index contributed by atoms with van der Waals surface area (Å²) in [6.45, 7) is 8.90. The summed E-state index contributed by atoms with van der Waals surface area (Å²) in [4.78, 5) is 30.9. The van der Waals surface area contributed by atoms with Crippen LogP contribution in [0.15, 0.2) is 24.3 Å². The third-order valence-electron chi connectivity index (χ3n) is 5.17. The molecule has 0 amide bonds. The fraction of sp³-hybridized carbons (Fsp3) is 0.421. The minimum Gasteiger partial charge on any atom is -0.458 e. The van der Waals surface area contributed by atoms with E-state index in [2.05, 4.69) is 4.98 Å². The van der Waals surface area contributed by atoms with Gasteiger partial charge in [-0.3, -0.25) is 9.59 Å². The van der Waals surface area contributed by atoms with Crippen molar-refractivity contribution >= 4 is 23.1 Å². The fourth-order valence-corrected chi connectivity index (χ4v) is 3.79. The summed E-state index contributed by atoms with van der Waals surface area (Å²) in [6, 6.07) is 5.98. The van der Waals surface area contributed by atoms with Crippen molar-refractivity contribution < 1.29 is 18.7 Å². The van der Waals surface area contributed by atoms with Crippen molar-refractivity contribution in [2.75, 3.05) is 0 Å². The number of cyclic esters (lactones) is 1. The molecule has 0 N–H and O–H groups in total. The number of hydrogen-bond donors (Lipinski definition) is 0. The summed E-state index contributed by atoms with van der Waals surface area (Å²) in [5, 5.41) is 0.649. The minimum absolute atomic E-state index is 0.187. The Morgan fingerprint density at radius 1 is 1.12 bits per heavy atom. The number of aryl methyl sites for hydroxylation is 1. The number of esters is 1. The quantitative estimate of drug-likeness (QED) is 0.592. The first-order valence-corrected chi connectivity index (χ1v) is 8.86. The van der Waals surface area contributed by atoms with E-state index in [-0.39, 0.29) is 11.6 Å². The smallest absolute Gasteiger partial charge is 0.323 e. The van der Waals surface area contributed by atoms with Crippen molar-refractivity contribution in [3.05, 3.63) is 40.7 Å². The molecular weight excluding hydrogens is 341 g/mol. The first kappa shape index (κ1) is 17.7. The number of thiazole rings is 1. The number of rotatable bonds is 2. The number of benzene rings is 1. The van der Waals surface area contributed by atoms with Gasteiger partial charge in [-0.05, 0) is 58.9 Å². The van der Waals surface area contributed by atoms with Crippen molar-refractivity contribution in [3.63, 3.8) is 0 Å². The first-order chi connectivity index (χ1) is 11.5. The SMILES string of the molecule is Cc1sc(-c2ccc(F)cc2)nc1C1C(=O)OC(C)(C)C(C)(C)C1=O. The predicted molar refractivity (Wildman–Crippen MR) is 93.9 cm³/mol. The summed E-state index contributed by atoms with van der Waals surface area (Å²) < 4.78 is 18.7. The van der Waals surface area contributed by atoms with Gasteiger partial charge in [0.2, 0.25) is 0 Å². The highest BCUT2D eigenvalue weighted by molar-refractivity contribution is 7.15. The summed E-state index contributed by atoms with van der Waals surface area (Å²) in [6.07, 6.45) is 0. The van der Waals surface area contributed by atoms with Gasteiger partial charge in [0.1, 0.15) is 16.4 Å². The molecule has 0 radical (unpaired) electrons. The second-order valence-corrected chi connectivity index (χ2v) is 8.52. The normalized spacial score (nSPS) is 21.9. The van der Waals surface area contributed by atoms with Crippen LogP contribution in [0.1, 0.15) is 44.2 Å². The number of halogens is 1. The Hall–Kier alpha value is -2.08. The van der Waals surface area contributed by atoms with Gasteiger partial charge in [-0.15, -0.1) is 11.3 Å². The van der Waals surface area contributed by atoms with E-state index in [0.717, 1.165) is 10.4 Å². The largest absolute Gasteiger partial charge is 0.458 e. The van der Waals surface area contributed by atoms with E-state index < -0.39 is 22.9 Å². The van der Waals surface area contributed by atoms with Crippen LogP contribution in [0.25, 0.3) is 10.6 Å². The lowest BCUT2D eigenvalue weighted by molar-refractivity contribution is -0.187. The fourth-order valence-electron chi connectivity index (χ4n) is 2.83. The third kappa shape index (κ3) is 2.78. The highest BCUT2D eigenvalue weighted by atomic mass is 32.1. The van der Waals surface area contributed by atoms with E-state index in [9.17, 15) is 14.0 Å². The van der Waals surface area contributed by atoms with Gasteiger partial charge in [-0.2, -0.15) is 0 Å². The molecule has 1 aliphatic heterocycles. The predicted octanol–water partition coefficient (Wildman–Crippen LogP) is 4.27. The van der Waals surface area contributed by atoms with E-state index >= 15 is 0 Å². The number of carbonyl (C=O) groups excluding carboxylic acids is 2. The van der Waals surface area contributed by atoms with E-state index in [1.807, 2.05) is 6.92 Å². The standard InChI is InChI=1S/C19H20FNO3S/c1-10-14(21-16(25-10)11-6-8-12(20)9-7-11)13-15(22)18(2,3)19(4,5)24-17(13)23/h6-9,13H,1-5H3. The van der Waals surface area contributed by atoms with Gasteiger partial charge >= 0.3 is 5.97 Å². The lowest BCUT2D eigenvalue weighted by Gasteiger charge is -2.45. The topological polar surface area (TPSA) is 56.3 Å². The van der Waals surface area contributed by atoms with E-state index in [1.54, 1.807) is 39.8 Å². The van der Waals surface area contributed by atoms with Crippen LogP contribution in [0.5, 0.6) is 0 Å². The number of ether oxygens (including phenoxy) is 1. The third-order valence-corrected chi connectivity index (χ3v) is 6.21. The van der Waals surface area contributed by atoms with Crippen LogP contribution < -0.4 is 0 Å². The highest BCUT2D eigenvalue weighted by Gasteiger charge is 2.56. The minimum atomic E-state index is -1.02. The number of Topliss-reactive ketones (excluding diaryl/α,β-unsaturated/α-hetero) is 1. The van der Waals surface area contributed by atoms with Crippen molar-refractivity contribution in [2.24, 2.45) is 5.41 Å². The molecular formula is C19H20FNO3S. The van der Waals surface area contributed by atoms with Crippen LogP contribution in [-0.2, 0) is 14.3 Å². The zero-order chi connectivity index (χ0) is 18.6. The van der Waals surface area contributed by atoms with Gasteiger partial charge in [0.05, 0.1) is 11.1 Å². The van der Waals surface area contributed by atoms with Crippen LogP contribution >= 0.6 is 11.3 Å². The average molecular weight is 361 g/mol. The Labute approximate surface area is 150 Å². The molecule has 1 aromatic carbocycles. The Balaban J connectivity index is 2.03. The van der Waals surface area contributed by atoms with Gasteiger partial charge in [-0.1, -0.05) is 0 Å². The molecule has 2 aromatic rings. The number of nitrogens with zero attached hydrogens (tertiary/aromatic N) is 1. The molecule has 1 atom stereocenters. The number of aromatic nitrogens is 1. The average Bonchev–Trinajstić information content (AvgIpc) is 2.88. The van der Waals surface area contributed by atoms with E-state index in [0.29, 0.717) is 10.7 Å². The van der Waals surface area contributed by atoms with Crippen molar-refractivity contribution in [2.45, 2.75) is 46.1 Å². The van der Waals surface area contributed by atoms with Crippen LogP contribution in [0.2, 0.25) is 0 Å². The first-order valence-electron chi connectivity index (χ1n) is 8.05. The number of hydrogen-bond acceptors (Lipinski definition) is 5. The summed E-state index contributed by atoms with van der Waals surface area (Å²) in [5.74, 6) is -2.10. The number of ketones is 1. The summed E-state index contributed by atoms with van der Waals surface area (Å²) >= 11 is 1.38. The molecule has 0 saturated carbocycles. The zero-order valence-electron chi connectivity index (χ0n) is 14.8. The lowest BCUT2D eigenvalue weighted by Crippen LogP contribution is -2.56. The maximum absolute atomic E-state index is 13.1. The maximum Gasteiger partial charge on any atom is 0.323 e. The van der Waals surface area contributed by atoms with Crippen LogP contribution in [0.4, 0.5) is 4.39 Å². The highest BCUT2D eigenvalue weighted by Crippen LogP contribution is 2.46. The molecule has 0 spiro atoms. The van der Waals surface area contributed by atoms with Gasteiger partial charge in [-0.25, -0.2) is 9.37 Å². The molecule has 1 unspecified atom stereocenters. The molecule has 6 heteroatoms.